The summed E-state index contributed by atoms with van der Waals surface area (Å²) in [5.74, 6) is -0.322. The van der Waals surface area contributed by atoms with Crippen LogP contribution in [0.3, 0.4) is 0 Å². The van der Waals surface area contributed by atoms with Crippen LogP contribution in [-0.2, 0) is 4.79 Å². The van der Waals surface area contributed by atoms with Crippen molar-refractivity contribution in [2.45, 2.75) is 19.2 Å². The normalized spacial score (nSPS) is 22.0. The van der Waals surface area contributed by atoms with E-state index in [0.717, 1.165) is 24.2 Å². The van der Waals surface area contributed by atoms with Crippen molar-refractivity contribution in [3.05, 3.63) is 12.7 Å². The number of hydrogen-bond donors (Lipinski definition) is 2. The fourth-order valence-corrected chi connectivity index (χ4v) is 2.99. The van der Waals surface area contributed by atoms with Crippen LogP contribution in [0.1, 0.15) is 12.8 Å². The standard InChI is InChI=1S/C13H16BN5O2/c14-3-1-2-8-4-19(5-9(8)13(20)21)12-10-11(16-6-15-10)17-7-18-12/h6-9H,1-5H2,(H,20,21)(H,15,16,17,18)/t8-,9+/m0/s1. The molecule has 0 spiro atoms. The van der Waals surface area contributed by atoms with Gasteiger partial charge in [-0.25, -0.2) is 15.0 Å². The summed E-state index contributed by atoms with van der Waals surface area (Å²) in [6.07, 6.45) is 5.27. The van der Waals surface area contributed by atoms with E-state index in [1.54, 1.807) is 6.33 Å². The van der Waals surface area contributed by atoms with Crippen LogP contribution in [0.25, 0.3) is 11.2 Å². The lowest BCUT2D eigenvalue weighted by Gasteiger charge is -2.17. The molecule has 8 heteroatoms. The number of hydrogen-bond acceptors (Lipinski definition) is 5. The summed E-state index contributed by atoms with van der Waals surface area (Å²) >= 11 is 0. The molecule has 21 heavy (non-hydrogen) atoms. The van der Waals surface area contributed by atoms with E-state index in [9.17, 15) is 9.90 Å². The van der Waals surface area contributed by atoms with Crippen LogP contribution in [-0.4, -0.2) is 51.9 Å². The monoisotopic (exact) mass is 285 g/mol. The Morgan fingerprint density at radius 2 is 2.29 bits per heavy atom. The molecule has 0 aromatic carbocycles. The van der Waals surface area contributed by atoms with Gasteiger partial charge in [-0.1, -0.05) is 12.7 Å². The highest BCUT2D eigenvalue weighted by molar-refractivity contribution is 6.08. The van der Waals surface area contributed by atoms with E-state index in [4.69, 9.17) is 7.85 Å². The number of fused-ring (bicyclic) bond motifs is 1. The zero-order valence-electron chi connectivity index (χ0n) is 11.6. The maximum absolute atomic E-state index is 11.5. The van der Waals surface area contributed by atoms with E-state index in [-0.39, 0.29) is 11.8 Å². The quantitative estimate of drug-likeness (QED) is 0.791. The third kappa shape index (κ3) is 2.57. The van der Waals surface area contributed by atoms with Crippen LogP contribution in [0, 0.1) is 11.8 Å². The van der Waals surface area contributed by atoms with Crippen LogP contribution in [0.4, 0.5) is 5.82 Å². The van der Waals surface area contributed by atoms with Gasteiger partial charge in [-0.3, -0.25) is 4.79 Å². The minimum atomic E-state index is -0.755. The van der Waals surface area contributed by atoms with Crippen molar-refractivity contribution in [1.82, 2.24) is 19.9 Å². The number of aromatic nitrogens is 4. The van der Waals surface area contributed by atoms with E-state index in [1.165, 1.54) is 6.33 Å². The second kappa shape index (κ2) is 5.71. The van der Waals surface area contributed by atoms with Gasteiger partial charge in [0.15, 0.2) is 11.5 Å². The molecule has 1 saturated heterocycles. The van der Waals surface area contributed by atoms with Gasteiger partial charge in [-0.15, -0.1) is 0 Å². The van der Waals surface area contributed by atoms with Crippen LogP contribution >= 0.6 is 0 Å². The molecule has 1 fully saturated rings. The van der Waals surface area contributed by atoms with Gasteiger partial charge >= 0.3 is 5.97 Å². The highest BCUT2D eigenvalue weighted by Gasteiger charge is 2.38. The number of carbonyl (C=O) groups is 1. The third-order valence-electron chi connectivity index (χ3n) is 4.04. The molecule has 2 radical (unpaired) electrons. The molecule has 108 valence electrons. The average molecular weight is 285 g/mol. The number of imidazole rings is 1. The van der Waals surface area contributed by atoms with Crippen LogP contribution < -0.4 is 4.90 Å². The summed E-state index contributed by atoms with van der Waals surface area (Å²) in [6, 6.07) is 0. The fourth-order valence-electron chi connectivity index (χ4n) is 2.99. The van der Waals surface area contributed by atoms with Crippen molar-refractivity contribution in [3.8, 4) is 0 Å². The van der Waals surface area contributed by atoms with E-state index >= 15 is 0 Å². The molecule has 7 nitrogen and oxygen atoms in total. The van der Waals surface area contributed by atoms with Crippen LogP contribution in [0.5, 0.6) is 0 Å². The average Bonchev–Trinajstić information content (AvgIpc) is 3.11. The zero-order chi connectivity index (χ0) is 14.8. The lowest BCUT2D eigenvalue weighted by Crippen LogP contribution is -2.24. The molecule has 0 unspecified atom stereocenters. The topological polar surface area (TPSA) is 95.0 Å². The Morgan fingerprint density at radius 3 is 3.05 bits per heavy atom. The van der Waals surface area contributed by atoms with Crippen molar-refractivity contribution < 1.29 is 9.90 Å². The molecule has 0 bridgehead atoms. The summed E-state index contributed by atoms with van der Waals surface area (Å²) in [6.45, 7) is 1.12. The number of H-pyrrole nitrogens is 1. The summed E-state index contributed by atoms with van der Waals surface area (Å²) in [4.78, 5) is 29.0. The van der Waals surface area contributed by atoms with Gasteiger partial charge in [-0.2, -0.15) is 0 Å². The second-order valence-corrected chi connectivity index (χ2v) is 5.34. The predicted molar refractivity (Wildman–Crippen MR) is 78.3 cm³/mol. The number of carboxylic acids is 1. The molecule has 0 aliphatic carbocycles. The van der Waals surface area contributed by atoms with Crippen molar-refractivity contribution in [2.75, 3.05) is 18.0 Å². The summed E-state index contributed by atoms with van der Waals surface area (Å²) < 4.78 is 0. The molecule has 0 saturated carbocycles. The molecule has 2 N–H and O–H groups in total. The molecule has 2 aromatic rings. The smallest absolute Gasteiger partial charge is 0.308 e. The van der Waals surface area contributed by atoms with E-state index in [0.29, 0.717) is 25.1 Å². The van der Waals surface area contributed by atoms with E-state index < -0.39 is 5.97 Å². The Morgan fingerprint density at radius 1 is 1.43 bits per heavy atom. The molecule has 2 atom stereocenters. The number of nitrogens with zero attached hydrogens (tertiary/aromatic N) is 4. The highest BCUT2D eigenvalue weighted by atomic mass is 16.4. The number of rotatable bonds is 5. The largest absolute Gasteiger partial charge is 0.481 e. The molecule has 1 aliphatic rings. The highest BCUT2D eigenvalue weighted by Crippen LogP contribution is 2.32. The van der Waals surface area contributed by atoms with E-state index in [1.807, 2.05) is 4.90 Å². The molecule has 3 heterocycles. The first-order valence-electron chi connectivity index (χ1n) is 7.02. The van der Waals surface area contributed by atoms with Crippen molar-refractivity contribution >= 4 is 30.8 Å². The Hall–Kier alpha value is -2.12. The SMILES string of the molecule is [B]CCC[C@H]1CN(c2ncnc3nc[nH]c23)C[C@H]1C(=O)O. The second-order valence-electron chi connectivity index (χ2n) is 5.34. The minimum Gasteiger partial charge on any atom is -0.481 e. The molecular weight excluding hydrogens is 269 g/mol. The van der Waals surface area contributed by atoms with Gasteiger partial charge in [0.05, 0.1) is 20.1 Å². The number of anilines is 1. The van der Waals surface area contributed by atoms with Gasteiger partial charge in [0.1, 0.15) is 11.8 Å². The van der Waals surface area contributed by atoms with Crippen molar-refractivity contribution in [2.24, 2.45) is 11.8 Å². The number of carboxylic acid groups (broad SMARTS) is 1. The Labute approximate surface area is 123 Å². The molecular formula is C13H16BN5O2. The van der Waals surface area contributed by atoms with Gasteiger partial charge in [-0.05, 0) is 12.3 Å². The minimum absolute atomic E-state index is 0.0963. The molecule has 2 aromatic heterocycles. The first-order chi connectivity index (χ1) is 10.2. The van der Waals surface area contributed by atoms with Crippen LogP contribution in [0.15, 0.2) is 12.7 Å². The maximum Gasteiger partial charge on any atom is 0.308 e. The van der Waals surface area contributed by atoms with Gasteiger partial charge < -0.3 is 15.0 Å². The summed E-state index contributed by atoms with van der Waals surface area (Å²) in [7, 11) is 5.54. The lowest BCUT2D eigenvalue weighted by molar-refractivity contribution is -0.142. The van der Waals surface area contributed by atoms with Gasteiger partial charge in [0.25, 0.3) is 0 Å². The Balaban J connectivity index is 1.86. The molecule has 0 amide bonds. The summed E-state index contributed by atoms with van der Waals surface area (Å²) in [5, 5.41) is 9.41. The lowest BCUT2D eigenvalue weighted by atomic mass is 9.88. The Kier molecular flexibility index (Phi) is 3.77. The van der Waals surface area contributed by atoms with E-state index in [2.05, 4.69) is 19.9 Å². The number of aliphatic carboxylic acids is 1. The van der Waals surface area contributed by atoms with Gasteiger partial charge in [0, 0.05) is 13.1 Å². The molecule has 3 rings (SSSR count). The third-order valence-corrected chi connectivity index (χ3v) is 4.04. The van der Waals surface area contributed by atoms with Crippen molar-refractivity contribution in [1.29, 1.82) is 0 Å². The molecule has 1 aliphatic heterocycles. The number of aromatic amines is 1. The first kappa shape index (κ1) is 13.8. The zero-order valence-corrected chi connectivity index (χ0v) is 11.6. The van der Waals surface area contributed by atoms with Crippen LogP contribution in [0.2, 0.25) is 6.32 Å². The van der Waals surface area contributed by atoms with Gasteiger partial charge in [0.2, 0.25) is 0 Å². The fraction of sp³-hybridized carbons (Fsp3) is 0.538. The number of nitrogens with one attached hydrogen (secondary N) is 1. The Bertz CT molecular complexity index is 646. The first-order valence-corrected chi connectivity index (χ1v) is 7.02. The maximum atomic E-state index is 11.5. The summed E-state index contributed by atoms with van der Waals surface area (Å²) in [5.41, 5.74) is 1.35. The predicted octanol–water partition coefficient (Wildman–Crippen LogP) is 0.857. The van der Waals surface area contributed by atoms with Crippen molar-refractivity contribution in [3.63, 3.8) is 0 Å².